The molecule has 0 atom stereocenters. The van der Waals surface area contributed by atoms with Gasteiger partial charge in [-0.3, -0.25) is 9.59 Å². The summed E-state index contributed by atoms with van der Waals surface area (Å²) in [6, 6.07) is 59.1. The summed E-state index contributed by atoms with van der Waals surface area (Å²) in [6.45, 7) is 11.3. The van der Waals surface area contributed by atoms with Crippen molar-refractivity contribution in [1.82, 2.24) is 0 Å². The van der Waals surface area contributed by atoms with Crippen molar-refractivity contribution in [2.75, 3.05) is 0 Å². The first-order valence-electron chi connectivity index (χ1n) is 17.2. The molecule has 55 heavy (non-hydrogen) atoms. The van der Waals surface area contributed by atoms with E-state index in [9.17, 15) is 9.59 Å². The maximum absolute atomic E-state index is 13.1. The van der Waals surface area contributed by atoms with E-state index in [0.717, 1.165) is 10.9 Å². The Bertz CT molecular complexity index is 1930. The van der Waals surface area contributed by atoms with Crippen LogP contribution in [0.5, 0.6) is 0 Å². The highest BCUT2D eigenvalue weighted by atomic mass is 79.9. The van der Waals surface area contributed by atoms with Gasteiger partial charge in [0, 0.05) is 20.9 Å². The molecule has 0 unspecified atom stereocenters. The van der Waals surface area contributed by atoms with Crippen molar-refractivity contribution in [2.45, 2.75) is 63.8 Å². The van der Waals surface area contributed by atoms with Gasteiger partial charge in [0.25, 0.3) is 0 Å². The summed E-state index contributed by atoms with van der Waals surface area (Å²) < 4.78 is 1.18. The number of ketones is 1. The summed E-state index contributed by atoms with van der Waals surface area (Å²) in [7, 11) is -1.28. The molecule has 2 nitrogen and oxygen atoms in total. The van der Waals surface area contributed by atoms with E-state index in [1.54, 1.807) is 20.8 Å². The van der Waals surface area contributed by atoms with Gasteiger partial charge in [0.1, 0.15) is 0 Å². The van der Waals surface area contributed by atoms with Gasteiger partial charge in [-0.25, -0.2) is 0 Å². The van der Waals surface area contributed by atoms with Gasteiger partial charge >= 0.3 is 0 Å². The van der Waals surface area contributed by atoms with Crippen molar-refractivity contribution in [2.24, 2.45) is 10.8 Å². The molecule has 290 valence electrons. The topological polar surface area (TPSA) is 34.1 Å². The Balaban J connectivity index is 0.000000455. The molecule has 0 aromatic heterocycles. The van der Waals surface area contributed by atoms with Gasteiger partial charge in [-0.05, 0) is 65.3 Å². The predicted molar refractivity (Wildman–Crippen MR) is 252 cm³/mol. The number of rotatable bonds is 7. The van der Waals surface area contributed by atoms with Crippen LogP contribution in [0.3, 0.4) is 0 Å². The molecule has 0 spiro atoms. The molecule has 0 saturated heterocycles. The first-order valence-corrected chi connectivity index (χ1v) is 21.0. The smallest absolute Gasteiger partial charge is 0.226 e. The number of carbonyl (C=O) groups excluding carboxylic acids is 2. The lowest BCUT2D eigenvalue weighted by Gasteiger charge is -2.24. The maximum atomic E-state index is 13.1. The fourth-order valence-electron chi connectivity index (χ4n) is 5.06. The first kappa shape index (κ1) is 49.3. The van der Waals surface area contributed by atoms with Crippen LogP contribution < -0.4 is 31.8 Å². The summed E-state index contributed by atoms with van der Waals surface area (Å²) in [4.78, 5) is 23.3. The van der Waals surface area contributed by atoms with Crippen molar-refractivity contribution < 1.29 is 9.59 Å². The summed E-state index contributed by atoms with van der Waals surface area (Å²) in [5.74, 6) is 0.197. The Morgan fingerprint density at radius 1 is 0.436 bits per heavy atom. The third kappa shape index (κ3) is 14.4. The second-order valence-electron chi connectivity index (χ2n) is 14.1. The molecule has 0 bridgehead atoms. The Labute approximate surface area is 348 Å². The average molecular weight is 856 g/mol. The van der Waals surface area contributed by atoms with Crippen molar-refractivity contribution >= 4 is 86.2 Å². The molecule has 0 aliphatic rings. The van der Waals surface area contributed by atoms with Gasteiger partial charge in [0.2, 0.25) is 5.24 Å². The van der Waals surface area contributed by atoms with E-state index in [-0.39, 0.29) is 38.7 Å². The molecule has 6 rings (SSSR count). The molecular formula is C49H58BrClO2P2. The van der Waals surface area contributed by atoms with Crippen molar-refractivity contribution in [1.29, 1.82) is 0 Å². The number of hydrogen-bond acceptors (Lipinski definition) is 2. The van der Waals surface area contributed by atoms with E-state index in [0.29, 0.717) is 0 Å². The van der Waals surface area contributed by atoms with Crippen molar-refractivity contribution in [3.8, 4) is 0 Å². The SMILES string of the molecule is Brc1ccccc1P(c1ccccc1)c1ccccc1.C.C.C.CC(C)(C)C(=O)Cl.CC(C)(C)C(=O)c1ccccc1P(c1ccccc1)c1ccccc1. The largest absolute Gasteiger partial charge is 0.294 e. The molecule has 0 radical (unpaired) electrons. The lowest BCUT2D eigenvalue weighted by Crippen LogP contribution is -2.29. The molecule has 0 amide bonds. The van der Waals surface area contributed by atoms with Gasteiger partial charge in [0.05, 0.1) is 0 Å². The van der Waals surface area contributed by atoms with Crippen LogP contribution in [0, 0.1) is 10.8 Å². The van der Waals surface area contributed by atoms with E-state index in [1.807, 2.05) is 51.1 Å². The van der Waals surface area contributed by atoms with Crippen molar-refractivity contribution in [3.63, 3.8) is 0 Å². The highest BCUT2D eigenvalue weighted by Crippen LogP contribution is 2.36. The van der Waals surface area contributed by atoms with E-state index >= 15 is 0 Å². The van der Waals surface area contributed by atoms with Crippen LogP contribution >= 0.6 is 43.4 Å². The number of Topliss-reactive ketones (excluding diaryl/α,β-unsaturated/α-hetero) is 1. The third-order valence-electron chi connectivity index (χ3n) is 7.81. The number of carbonyl (C=O) groups is 2. The zero-order valence-electron chi connectivity index (χ0n) is 30.6. The van der Waals surface area contributed by atoms with E-state index in [2.05, 4.69) is 155 Å². The molecule has 0 heterocycles. The summed E-state index contributed by atoms with van der Waals surface area (Å²) >= 11 is 8.82. The lowest BCUT2D eigenvalue weighted by atomic mass is 9.86. The van der Waals surface area contributed by atoms with Crippen LogP contribution in [0.15, 0.2) is 174 Å². The molecule has 0 aliphatic carbocycles. The maximum Gasteiger partial charge on any atom is 0.226 e. The minimum atomic E-state index is -0.767. The Hall–Kier alpha value is -3.71. The van der Waals surface area contributed by atoms with Crippen molar-refractivity contribution in [3.05, 3.63) is 180 Å². The van der Waals surface area contributed by atoms with Crippen LogP contribution in [0.1, 0.15) is 74.2 Å². The quantitative estimate of drug-likeness (QED) is 0.0911. The lowest BCUT2D eigenvalue weighted by molar-refractivity contribution is -0.118. The average Bonchev–Trinajstić information content (AvgIpc) is 3.14. The number of hydrogen-bond donors (Lipinski definition) is 0. The molecular weight excluding hydrogens is 798 g/mol. The zero-order valence-corrected chi connectivity index (χ0v) is 34.8. The van der Waals surface area contributed by atoms with Crippen LogP contribution in [0.25, 0.3) is 0 Å². The van der Waals surface area contributed by atoms with E-state index in [1.165, 1.54) is 31.0 Å². The highest BCUT2D eigenvalue weighted by molar-refractivity contribution is 9.10. The van der Waals surface area contributed by atoms with Gasteiger partial charge in [-0.15, -0.1) is 0 Å². The molecule has 6 aromatic rings. The molecule has 0 fully saturated rings. The number of benzene rings is 6. The Morgan fingerprint density at radius 3 is 1.02 bits per heavy atom. The van der Waals surface area contributed by atoms with Crippen LogP contribution in [-0.4, -0.2) is 11.0 Å². The van der Waals surface area contributed by atoms with Gasteiger partial charge in [-0.1, -0.05) is 244 Å². The van der Waals surface area contributed by atoms with Gasteiger partial charge in [0.15, 0.2) is 5.78 Å². The van der Waals surface area contributed by atoms with E-state index in [4.69, 9.17) is 11.6 Å². The molecule has 6 heteroatoms. The minimum absolute atomic E-state index is 0. The molecule has 0 aliphatic heterocycles. The van der Waals surface area contributed by atoms with Crippen LogP contribution in [0.2, 0.25) is 0 Å². The highest BCUT2D eigenvalue weighted by Gasteiger charge is 2.28. The predicted octanol–water partition coefficient (Wildman–Crippen LogP) is 12.6. The van der Waals surface area contributed by atoms with E-state index < -0.39 is 21.3 Å². The summed E-state index contributed by atoms with van der Waals surface area (Å²) in [5, 5.41) is 7.49. The fraction of sp³-hybridized carbons (Fsp3) is 0.224. The molecule has 0 saturated carbocycles. The standard InChI is InChI=1S/C23H23OP.C18H14BrP.C5H9ClO.3CH4/c1-23(2,3)22(24)20-16-10-11-17-21(20)25(18-12-6-4-7-13-18)19-14-8-5-9-15-19;19-17-13-7-8-14-18(17)20(15-9-3-1-4-10-15)16-11-5-2-6-12-16;1-5(2,3)4(6)7;;;/h4-17H,1-3H3;1-14H;1-3H3;3*1H4. The van der Waals surface area contributed by atoms with Gasteiger partial charge in [-0.2, -0.15) is 0 Å². The zero-order chi connectivity index (χ0) is 37.7. The number of halogens is 2. The normalized spacial score (nSPS) is 10.6. The second kappa shape index (κ2) is 23.4. The monoisotopic (exact) mass is 854 g/mol. The fourth-order valence-corrected chi connectivity index (χ4v) is 10.6. The molecule has 0 N–H and O–H groups in total. The first-order chi connectivity index (χ1) is 24.8. The van der Waals surface area contributed by atoms with Crippen LogP contribution in [0.4, 0.5) is 0 Å². The van der Waals surface area contributed by atoms with Crippen LogP contribution in [-0.2, 0) is 4.79 Å². The minimum Gasteiger partial charge on any atom is -0.294 e. The molecule has 6 aromatic carbocycles. The summed E-state index contributed by atoms with van der Waals surface area (Å²) in [5.41, 5.74) is 0.0697. The third-order valence-corrected chi connectivity index (χ3v) is 14.4. The Kier molecular flexibility index (Phi) is 21.0. The summed E-state index contributed by atoms with van der Waals surface area (Å²) in [6.07, 6.45) is 0. The van der Waals surface area contributed by atoms with Gasteiger partial charge < -0.3 is 0 Å². The Morgan fingerprint density at radius 2 is 0.709 bits per heavy atom. The second-order valence-corrected chi connectivity index (χ2v) is 19.7.